The molecule has 3 aromatic rings. The minimum absolute atomic E-state index is 0.0812. The number of carbonyl (C=O) groups is 3. The lowest BCUT2D eigenvalue weighted by atomic mass is 10.0. The van der Waals surface area contributed by atoms with Gasteiger partial charge in [-0.1, -0.05) is 50.2 Å². The summed E-state index contributed by atoms with van der Waals surface area (Å²) < 4.78 is 5.64. The molecule has 1 aromatic heterocycles. The van der Waals surface area contributed by atoms with Gasteiger partial charge in [0.1, 0.15) is 11.8 Å². The van der Waals surface area contributed by atoms with E-state index in [1.54, 1.807) is 42.7 Å². The van der Waals surface area contributed by atoms with Gasteiger partial charge in [0.05, 0.1) is 12.1 Å². The summed E-state index contributed by atoms with van der Waals surface area (Å²) in [7, 11) is 0. The van der Waals surface area contributed by atoms with E-state index in [9.17, 15) is 14.4 Å². The van der Waals surface area contributed by atoms with Gasteiger partial charge in [0.2, 0.25) is 5.91 Å². The number of rotatable bonds is 8. The molecular weight excluding hydrogens is 430 g/mol. The van der Waals surface area contributed by atoms with Gasteiger partial charge < -0.3 is 9.64 Å². The number of carbonyl (C=O) groups excluding carboxylic acids is 3. The molecule has 0 aliphatic carbocycles. The maximum Gasteiger partial charge on any atom is 0.261 e. The molecule has 1 saturated heterocycles. The fourth-order valence-corrected chi connectivity index (χ4v) is 3.94. The van der Waals surface area contributed by atoms with Crippen LogP contribution in [0.2, 0.25) is 0 Å². The summed E-state index contributed by atoms with van der Waals surface area (Å²) >= 11 is 0. The van der Waals surface area contributed by atoms with E-state index in [0.29, 0.717) is 17.4 Å². The molecule has 0 N–H and O–H groups in total. The van der Waals surface area contributed by atoms with Crippen molar-refractivity contribution in [3.8, 4) is 5.75 Å². The van der Waals surface area contributed by atoms with Crippen molar-refractivity contribution in [2.24, 2.45) is 0 Å². The Bertz CT molecular complexity index is 1150. The zero-order valence-corrected chi connectivity index (χ0v) is 19.3. The SMILES string of the molecule is CC(C)c1ccc(N2C(=O)CC(N(Cc3cccnc3)C(=O)COc3ccccc3)C2=O)cc1. The second-order valence-corrected chi connectivity index (χ2v) is 8.52. The highest BCUT2D eigenvalue weighted by Gasteiger charge is 2.44. The van der Waals surface area contributed by atoms with Crippen molar-refractivity contribution in [1.82, 2.24) is 9.88 Å². The van der Waals surface area contributed by atoms with Crippen molar-refractivity contribution >= 4 is 23.4 Å². The third-order valence-corrected chi connectivity index (χ3v) is 5.82. The van der Waals surface area contributed by atoms with Crippen molar-refractivity contribution < 1.29 is 19.1 Å². The van der Waals surface area contributed by atoms with Crippen LogP contribution in [0, 0.1) is 0 Å². The molecule has 1 atom stereocenters. The molecule has 1 fully saturated rings. The van der Waals surface area contributed by atoms with Gasteiger partial charge in [0.25, 0.3) is 11.8 Å². The van der Waals surface area contributed by atoms with E-state index in [4.69, 9.17) is 4.74 Å². The van der Waals surface area contributed by atoms with E-state index in [-0.39, 0.29) is 31.4 Å². The summed E-state index contributed by atoms with van der Waals surface area (Å²) in [5, 5.41) is 0. The lowest BCUT2D eigenvalue weighted by Crippen LogP contribution is -2.46. The fourth-order valence-electron chi connectivity index (χ4n) is 3.94. The monoisotopic (exact) mass is 457 g/mol. The Morgan fingerprint density at radius 2 is 1.79 bits per heavy atom. The lowest BCUT2D eigenvalue weighted by molar-refractivity contribution is -0.140. The summed E-state index contributed by atoms with van der Waals surface area (Å²) in [6.07, 6.45) is 3.20. The molecule has 1 unspecified atom stereocenters. The molecule has 34 heavy (non-hydrogen) atoms. The van der Waals surface area contributed by atoms with Gasteiger partial charge in [0, 0.05) is 18.9 Å². The van der Waals surface area contributed by atoms with Crippen LogP contribution in [0.15, 0.2) is 79.1 Å². The van der Waals surface area contributed by atoms with E-state index < -0.39 is 11.9 Å². The van der Waals surface area contributed by atoms with Crippen LogP contribution in [-0.4, -0.2) is 40.3 Å². The van der Waals surface area contributed by atoms with Gasteiger partial charge in [0.15, 0.2) is 6.61 Å². The van der Waals surface area contributed by atoms with Gasteiger partial charge in [-0.05, 0) is 47.4 Å². The van der Waals surface area contributed by atoms with Crippen LogP contribution in [0.4, 0.5) is 5.69 Å². The summed E-state index contributed by atoms with van der Waals surface area (Å²) in [6.45, 7) is 4.06. The van der Waals surface area contributed by atoms with Crippen molar-refractivity contribution in [2.75, 3.05) is 11.5 Å². The summed E-state index contributed by atoms with van der Waals surface area (Å²) in [5.41, 5.74) is 2.39. The van der Waals surface area contributed by atoms with Gasteiger partial charge in [-0.2, -0.15) is 0 Å². The average molecular weight is 458 g/mol. The van der Waals surface area contributed by atoms with E-state index in [1.165, 1.54) is 9.80 Å². The maximum absolute atomic E-state index is 13.4. The number of anilines is 1. The second-order valence-electron chi connectivity index (χ2n) is 8.52. The Hall–Kier alpha value is -4.00. The molecule has 4 rings (SSSR count). The summed E-state index contributed by atoms with van der Waals surface area (Å²) in [6, 6.07) is 19.1. The first-order valence-electron chi connectivity index (χ1n) is 11.3. The first kappa shape index (κ1) is 23.2. The van der Waals surface area contributed by atoms with E-state index in [0.717, 1.165) is 11.1 Å². The Labute approximate surface area is 199 Å². The minimum atomic E-state index is -0.913. The summed E-state index contributed by atoms with van der Waals surface area (Å²) in [4.78, 5) is 46.2. The Morgan fingerprint density at radius 3 is 2.44 bits per heavy atom. The number of para-hydroxylation sites is 1. The highest BCUT2D eigenvalue weighted by molar-refractivity contribution is 6.23. The zero-order chi connectivity index (χ0) is 24.1. The van der Waals surface area contributed by atoms with Crippen LogP contribution in [-0.2, 0) is 20.9 Å². The quantitative estimate of drug-likeness (QED) is 0.479. The van der Waals surface area contributed by atoms with Crippen molar-refractivity contribution in [3.05, 3.63) is 90.3 Å². The van der Waals surface area contributed by atoms with Crippen molar-refractivity contribution in [3.63, 3.8) is 0 Å². The molecule has 2 aromatic carbocycles. The molecule has 3 amide bonds. The number of imide groups is 1. The molecule has 174 valence electrons. The maximum atomic E-state index is 13.4. The van der Waals surface area contributed by atoms with Crippen LogP contribution in [0.3, 0.4) is 0 Å². The van der Waals surface area contributed by atoms with E-state index >= 15 is 0 Å². The van der Waals surface area contributed by atoms with Crippen LogP contribution in [0.5, 0.6) is 5.75 Å². The number of ether oxygens (including phenoxy) is 1. The molecule has 2 heterocycles. The van der Waals surface area contributed by atoms with E-state index in [1.807, 2.05) is 36.4 Å². The second kappa shape index (κ2) is 10.3. The number of amides is 3. The van der Waals surface area contributed by atoms with Crippen molar-refractivity contribution in [1.29, 1.82) is 0 Å². The number of aromatic nitrogens is 1. The standard InChI is InChI=1S/C27H27N3O4/c1-19(2)21-10-12-22(13-11-21)30-25(31)15-24(27(30)33)29(17-20-7-6-14-28-16-20)26(32)18-34-23-8-4-3-5-9-23/h3-14,16,19,24H,15,17-18H2,1-2H3. The Balaban J connectivity index is 1.56. The van der Waals surface area contributed by atoms with E-state index in [2.05, 4.69) is 18.8 Å². The Morgan fingerprint density at radius 1 is 1.06 bits per heavy atom. The number of hydrogen-bond donors (Lipinski definition) is 0. The highest BCUT2D eigenvalue weighted by atomic mass is 16.5. The zero-order valence-electron chi connectivity index (χ0n) is 19.3. The largest absolute Gasteiger partial charge is 0.484 e. The van der Waals surface area contributed by atoms with Crippen LogP contribution < -0.4 is 9.64 Å². The Kier molecular flexibility index (Phi) is 7.01. The van der Waals surface area contributed by atoms with Gasteiger partial charge >= 0.3 is 0 Å². The molecule has 0 bridgehead atoms. The van der Waals surface area contributed by atoms with Gasteiger partial charge in [-0.25, -0.2) is 4.90 Å². The third-order valence-electron chi connectivity index (χ3n) is 5.82. The molecule has 0 radical (unpaired) electrons. The molecule has 1 aliphatic heterocycles. The van der Waals surface area contributed by atoms with Gasteiger partial charge in [-0.3, -0.25) is 19.4 Å². The number of nitrogens with zero attached hydrogens (tertiary/aromatic N) is 3. The van der Waals surface area contributed by atoms with Crippen LogP contribution >= 0.6 is 0 Å². The number of benzene rings is 2. The van der Waals surface area contributed by atoms with Gasteiger partial charge in [-0.15, -0.1) is 0 Å². The predicted octanol–water partition coefficient (Wildman–Crippen LogP) is 3.94. The van der Waals surface area contributed by atoms with Crippen LogP contribution in [0.1, 0.15) is 37.3 Å². The lowest BCUT2D eigenvalue weighted by Gasteiger charge is -2.27. The number of hydrogen-bond acceptors (Lipinski definition) is 5. The third kappa shape index (κ3) is 5.14. The topological polar surface area (TPSA) is 79.8 Å². The normalized spacial score (nSPS) is 15.6. The smallest absolute Gasteiger partial charge is 0.261 e. The molecule has 0 spiro atoms. The molecular formula is C27H27N3O4. The van der Waals surface area contributed by atoms with Crippen molar-refractivity contribution in [2.45, 2.75) is 38.8 Å². The fraction of sp³-hybridized carbons (Fsp3) is 0.259. The average Bonchev–Trinajstić information content (AvgIpc) is 3.15. The first-order valence-corrected chi connectivity index (χ1v) is 11.3. The molecule has 7 nitrogen and oxygen atoms in total. The first-order chi connectivity index (χ1) is 16.4. The molecule has 7 heteroatoms. The highest BCUT2D eigenvalue weighted by Crippen LogP contribution is 2.28. The minimum Gasteiger partial charge on any atom is -0.484 e. The van der Waals surface area contributed by atoms with Crippen LogP contribution in [0.25, 0.3) is 0 Å². The molecule has 1 aliphatic rings. The number of pyridine rings is 1. The summed E-state index contributed by atoms with van der Waals surface area (Å²) in [5.74, 6) is -0.239. The predicted molar refractivity (Wildman–Crippen MR) is 128 cm³/mol. The molecule has 0 saturated carbocycles.